The summed E-state index contributed by atoms with van der Waals surface area (Å²) in [6.07, 6.45) is 3.90. The van der Waals surface area contributed by atoms with Crippen molar-refractivity contribution in [3.05, 3.63) is 0 Å². The van der Waals surface area contributed by atoms with Crippen LogP contribution in [-0.2, 0) is 4.74 Å². The van der Waals surface area contributed by atoms with E-state index >= 15 is 0 Å². The largest absolute Gasteiger partial charge is 0.381 e. The number of piperidine rings is 1. The van der Waals surface area contributed by atoms with Gasteiger partial charge in [0.05, 0.1) is 6.61 Å². The van der Waals surface area contributed by atoms with Crippen LogP contribution in [0.4, 0.5) is 0 Å². The zero-order chi connectivity index (χ0) is 12.3. The first kappa shape index (κ1) is 13.3. The molecule has 2 rings (SSSR count). The fourth-order valence-corrected chi connectivity index (χ4v) is 2.97. The van der Waals surface area contributed by atoms with Crippen LogP contribution in [0.25, 0.3) is 0 Å². The van der Waals surface area contributed by atoms with E-state index < -0.39 is 0 Å². The minimum atomic E-state index is 0.558. The Morgan fingerprint density at radius 2 is 2.06 bits per heavy atom. The van der Waals surface area contributed by atoms with Crippen molar-refractivity contribution in [1.29, 1.82) is 0 Å². The molecule has 2 unspecified atom stereocenters. The lowest BCUT2D eigenvalue weighted by molar-refractivity contribution is 0.109. The average Bonchev–Trinajstić information content (AvgIpc) is 2.81. The number of hydrogen-bond acceptors (Lipinski definition) is 3. The lowest BCUT2D eigenvalue weighted by atomic mass is 9.82. The summed E-state index contributed by atoms with van der Waals surface area (Å²) in [5, 5.41) is 3.49. The minimum absolute atomic E-state index is 0.558. The predicted octanol–water partition coefficient (Wildman–Crippen LogP) is 1.73. The number of likely N-dealkylation sites (N-methyl/N-ethyl adjacent to an activating group) is 1. The predicted molar refractivity (Wildman–Crippen MR) is 71.2 cm³/mol. The molecule has 0 aromatic carbocycles. The van der Waals surface area contributed by atoms with Crippen molar-refractivity contribution in [2.75, 3.05) is 39.9 Å². The van der Waals surface area contributed by atoms with Crippen molar-refractivity contribution in [3.8, 4) is 0 Å². The molecule has 2 aliphatic rings. The second-order valence-corrected chi connectivity index (χ2v) is 6.48. The summed E-state index contributed by atoms with van der Waals surface area (Å²) in [4.78, 5) is 2.63. The van der Waals surface area contributed by atoms with E-state index in [1.807, 2.05) is 0 Å². The Balaban J connectivity index is 1.79. The van der Waals surface area contributed by atoms with Gasteiger partial charge in [-0.3, -0.25) is 0 Å². The third kappa shape index (κ3) is 3.67. The average molecular weight is 240 g/mol. The number of rotatable bonds is 4. The SMILES string of the molecule is CNC(CN1CCC(C)(C)CC1)C1CCOC1. The van der Waals surface area contributed by atoms with Crippen LogP contribution >= 0.6 is 0 Å². The normalized spacial score (nSPS) is 31.6. The van der Waals surface area contributed by atoms with E-state index in [0.717, 1.165) is 19.1 Å². The molecule has 0 saturated carbocycles. The second-order valence-electron chi connectivity index (χ2n) is 6.48. The Kier molecular flexibility index (Phi) is 4.45. The Morgan fingerprint density at radius 1 is 1.35 bits per heavy atom. The maximum Gasteiger partial charge on any atom is 0.0510 e. The Labute approximate surface area is 106 Å². The van der Waals surface area contributed by atoms with Crippen LogP contribution < -0.4 is 5.32 Å². The Morgan fingerprint density at radius 3 is 2.59 bits per heavy atom. The van der Waals surface area contributed by atoms with Gasteiger partial charge in [0, 0.05) is 25.1 Å². The molecule has 1 N–H and O–H groups in total. The highest BCUT2D eigenvalue weighted by Crippen LogP contribution is 2.30. The van der Waals surface area contributed by atoms with Crippen LogP contribution in [-0.4, -0.2) is 50.8 Å². The topological polar surface area (TPSA) is 24.5 Å². The van der Waals surface area contributed by atoms with Crippen LogP contribution in [0.2, 0.25) is 0 Å². The highest BCUT2D eigenvalue weighted by molar-refractivity contribution is 4.85. The lowest BCUT2D eigenvalue weighted by Crippen LogP contribution is -2.47. The highest BCUT2D eigenvalue weighted by atomic mass is 16.5. The number of likely N-dealkylation sites (tertiary alicyclic amines) is 1. The van der Waals surface area contributed by atoms with Gasteiger partial charge < -0.3 is 15.0 Å². The van der Waals surface area contributed by atoms with Crippen LogP contribution in [0.5, 0.6) is 0 Å². The molecule has 2 saturated heterocycles. The summed E-state index contributed by atoms with van der Waals surface area (Å²) >= 11 is 0. The minimum Gasteiger partial charge on any atom is -0.381 e. The fourth-order valence-electron chi connectivity index (χ4n) is 2.97. The first-order valence-electron chi connectivity index (χ1n) is 7.08. The van der Waals surface area contributed by atoms with Gasteiger partial charge in [0.2, 0.25) is 0 Å². The zero-order valence-corrected chi connectivity index (χ0v) is 11.7. The van der Waals surface area contributed by atoms with Crippen LogP contribution in [0, 0.1) is 11.3 Å². The molecule has 17 heavy (non-hydrogen) atoms. The molecule has 0 aliphatic carbocycles. The summed E-state index contributed by atoms with van der Waals surface area (Å²) < 4.78 is 5.50. The molecular weight excluding hydrogens is 212 g/mol. The van der Waals surface area contributed by atoms with Crippen LogP contribution in [0.3, 0.4) is 0 Å². The maximum absolute atomic E-state index is 5.50. The van der Waals surface area contributed by atoms with Gasteiger partial charge in [0.1, 0.15) is 0 Å². The van der Waals surface area contributed by atoms with Crippen molar-refractivity contribution in [2.24, 2.45) is 11.3 Å². The standard InChI is InChI=1S/C14H28N2O/c1-14(2)5-7-16(8-6-14)10-13(15-3)12-4-9-17-11-12/h12-13,15H,4-11H2,1-3H3. The molecule has 0 bridgehead atoms. The molecular formula is C14H28N2O. The quantitative estimate of drug-likeness (QED) is 0.810. The molecule has 2 fully saturated rings. The molecule has 0 radical (unpaired) electrons. The van der Waals surface area contributed by atoms with Crippen LogP contribution in [0.1, 0.15) is 33.1 Å². The van der Waals surface area contributed by atoms with E-state index in [4.69, 9.17) is 4.74 Å². The van der Waals surface area contributed by atoms with Gasteiger partial charge in [-0.15, -0.1) is 0 Å². The maximum atomic E-state index is 5.50. The van der Waals surface area contributed by atoms with Crippen molar-refractivity contribution in [3.63, 3.8) is 0 Å². The molecule has 2 aliphatic heterocycles. The molecule has 2 atom stereocenters. The summed E-state index contributed by atoms with van der Waals surface area (Å²) in [6.45, 7) is 10.4. The van der Waals surface area contributed by atoms with Gasteiger partial charge in [0.15, 0.2) is 0 Å². The number of hydrogen-bond donors (Lipinski definition) is 1. The van der Waals surface area contributed by atoms with Crippen molar-refractivity contribution in [1.82, 2.24) is 10.2 Å². The first-order chi connectivity index (χ1) is 8.11. The van der Waals surface area contributed by atoms with E-state index in [-0.39, 0.29) is 0 Å². The third-order valence-corrected chi connectivity index (χ3v) is 4.57. The fraction of sp³-hybridized carbons (Fsp3) is 1.00. The second kappa shape index (κ2) is 5.68. The van der Waals surface area contributed by atoms with E-state index in [0.29, 0.717) is 11.5 Å². The van der Waals surface area contributed by atoms with E-state index in [1.165, 1.54) is 38.9 Å². The van der Waals surface area contributed by atoms with Crippen molar-refractivity contribution >= 4 is 0 Å². The monoisotopic (exact) mass is 240 g/mol. The molecule has 3 heteroatoms. The molecule has 0 aromatic heterocycles. The van der Waals surface area contributed by atoms with Gasteiger partial charge in [-0.05, 0) is 44.8 Å². The molecule has 3 nitrogen and oxygen atoms in total. The molecule has 0 aromatic rings. The zero-order valence-electron chi connectivity index (χ0n) is 11.7. The highest BCUT2D eigenvalue weighted by Gasteiger charge is 2.30. The van der Waals surface area contributed by atoms with Gasteiger partial charge in [-0.25, -0.2) is 0 Å². The molecule has 0 amide bonds. The van der Waals surface area contributed by atoms with Gasteiger partial charge in [-0.1, -0.05) is 13.8 Å². The Bertz CT molecular complexity index is 226. The summed E-state index contributed by atoms with van der Waals surface area (Å²) in [5.74, 6) is 0.718. The lowest BCUT2D eigenvalue weighted by Gasteiger charge is -2.39. The van der Waals surface area contributed by atoms with Crippen LogP contribution in [0.15, 0.2) is 0 Å². The number of nitrogens with one attached hydrogen (secondary N) is 1. The first-order valence-corrected chi connectivity index (χ1v) is 7.08. The molecule has 2 heterocycles. The molecule has 0 spiro atoms. The number of nitrogens with zero attached hydrogens (tertiary/aromatic N) is 1. The van der Waals surface area contributed by atoms with Gasteiger partial charge in [-0.2, -0.15) is 0 Å². The van der Waals surface area contributed by atoms with Gasteiger partial charge >= 0.3 is 0 Å². The van der Waals surface area contributed by atoms with Gasteiger partial charge in [0.25, 0.3) is 0 Å². The summed E-state index contributed by atoms with van der Waals surface area (Å²) in [7, 11) is 2.09. The molecule has 100 valence electrons. The summed E-state index contributed by atoms with van der Waals surface area (Å²) in [5.41, 5.74) is 0.558. The summed E-state index contributed by atoms with van der Waals surface area (Å²) in [6, 6.07) is 0.610. The van der Waals surface area contributed by atoms with Crippen molar-refractivity contribution in [2.45, 2.75) is 39.2 Å². The Hall–Kier alpha value is -0.120. The van der Waals surface area contributed by atoms with Crippen molar-refractivity contribution < 1.29 is 4.74 Å². The van der Waals surface area contributed by atoms with E-state index in [1.54, 1.807) is 0 Å². The number of ether oxygens (including phenoxy) is 1. The smallest absolute Gasteiger partial charge is 0.0510 e. The van der Waals surface area contributed by atoms with E-state index in [9.17, 15) is 0 Å². The van der Waals surface area contributed by atoms with E-state index in [2.05, 4.69) is 31.1 Å². The third-order valence-electron chi connectivity index (χ3n) is 4.57.